The van der Waals surface area contributed by atoms with Crippen molar-refractivity contribution in [1.82, 2.24) is 4.90 Å². The highest BCUT2D eigenvalue weighted by molar-refractivity contribution is 8.14. The van der Waals surface area contributed by atoms with Crippen LogP contribution in [0.25, 0.3) is 0 Å². The van der Waals surface area contributed by atoms with E-state index in [1.54, 1.807) is 0 Å². The van der Waals surface area contributed by atoms with E-state index in [-0.39, 0.29) is 28.9 Å². The molecule has 2 unspecified atom stereocenters. The van der Waals surface area contributed by atoms with Gasteiger partial charge >= 0.3 is 5.97 Å². The number of rotatable bonds is 4. The van der Waals surface area contributed by atoms with Gasteiger partial charge in [0.2, 0.25) is 5.91 Å². The van der Waals surface area contributed by atoms with Crippen LogP contribution in [-0.2, 0) is 14.4 Å². The monoisotopic (exact) mass is 329 g/mol. The number of carboxylic acid groups (broad SMARTS) is 1. The smallest absolute Gasteiger partial charge is 0.331 e. The molecule has 0 aromatic heterocycles. The minimum Gasteiger partial charge on any atom is -0.479 e. The molecule has 0 radical (unpaired) electrons. The fourth-order valence-electron chi connectivity index (χ4n) is 2.42. The Morgan fingerprint density at radius 1 is 1.41 bits per heavy atom. The lowest BCUT2D eigenvalue weighted by Gasteiger charge is -2.25. The number of likely N-dealkylation sites (tertiary alicyclic amines) is 1. The van der Waals surface area contributed by atoms with Gasteiger partial charge in [0.1, 0.15) is 11.6 Å². The second-order valence-corrected chi connectivity index (χ2v) is 6.37. The zero-order valence-electron chi connectivity index (χ0n) is 11.6. The van der Waals surface area contributed by atoms with E-state index in [0.29, 0.717) is 6.07 Å². The van der Waals surface area contributed by atoms with Gasteiger partial charge in [-0.3, -0.25) is 9.59 Å². The summed E-state index contributed by atoms with van der Waals surface area (Å²) in [5.74, 6) is -3.74. The third-order valence-electron chi connectivity index (χ3n) is 3.26. The highest BCUT2D eigenvalue weighted by Gasteiger charge is 2.40. The van der Waals surface area contributed by atoms with Crippen LogP contribution in [0.15, 0.2) is 18.2 Å². The van der Waals surface area contributed by atoms with E-state index in [9.17, 15) is 28.3 Å². The predicted octanol–water partition coefficient (Wildman–Crippen LogP) is 1.97. The summed E-state index contributed by atoms with van der Waals surface area (Å²) in [5, 5.41) is 8.79. The number of amides is 1. The van der Waals surface area contributed by atoms with Crippen LogP contribution in [0.2, 0.25) is 0 Å². The van der Waals surface area contributed by atoms with Crippen molar-refractivity contribution in [1.29, 1.82) is 0 Å². The molecule has 1 saturated heterocycles. The zero-order chi connectivity index (χ0) is 16.4. The van der Waals surface area contributed by atoms with Gasteiger partial charge in [0.15, 0.2) is 11.2 Å². The number of hydrogen-bond donors (Lipinski definition) is 1. The van der Waals surface area contributed by atoms with Gasteiger partial charge in [-0.05, 0) is 6.07 Å². The molecular weight excluding hydrogens is 316 g/mol. The van der Waals surface area contributed by atoms with Crippen LogP contribution in [0.1, 0.15) is 24.9 Å². The summed E-state index contributed by atoms with van der Waals surface area (Å²) in [4.78, 5) is 35.6. The first-order chi connectivity index (χ1) is 10.3. The molecule has 2 atom stereocenters. The van der Waals surface area contributed by atoms with Crippen LogP contribution in [0.3, 0.4) is 0 Å². The van der Waals surface area contributed by atoms with Gasteiger partial charge in [-0.25, -0.2) is 13.6 Å². The van der Waals surface area contributed by atoms with Crippen LogP contribution in [0.4, 0.5) is 8.78 Å². The maximum absolute atomic E-state index is 13.8. The Kier molecular flexibility index (Phi) is 4.80. The first kappa shape index (κ1) is 16.4. The van der Waals surface area contributed by atoms with Crippen molar-refractivity contribution in [2.45, 2.75) is 24.6 Å². The normalized spacial score (nSPS) is 19.3. The molecule has 1 aromatic carbocycles. The second kappa shape index (κ2) is 6.43. The lowest BCUT2D eigenvalue weighted by molar-refractivity contribution is -0.148. The summed E-state index contributed by atoms with van der Waals surface area (Å²) >= 11 is 0.952. The highest BCUT2D eigenvalue weighted by atomic mass is 32.2. The number of thioether (sulfide) groups is 1. The summed E-state index contributed by atoms with van der Waals surface area (Å²) in [6.07, 6.45) is 0.0108. The molecular formula is C14H13F2NO4S. The minimum absolute atomic E-state index is 0.0108. The molecule has 2 rings (SSSR count). The maximum atomic E-state index is 13.8. The van der Waals surface area contributed by atoms with Crippen molar-refractivity contribution in [2.75, 3.05) is 6.54 Å². The topological polar surface area (TPSA) is 74.7 Å². The lowest BCUT2D eigenvalue weighted by atomic mass is 10.0. The number of aliphatic carboxylic acids is 1. The third-order valence-corrected chi connectivity index (χ3v) is 4.24. The summed E-state index contributed by atoms with van der Waals surface area (Å²) < 4.78 is 26.8. The number of benzene rings is 1. The summed E-state index contributed by atoms with van der Waals surface area (Å²) in [6.45, 7) is 1.38. The third kappa shape index (κ3) is 3.44. The largest absolute Gasteiger partial charge is 0.479 e. The molecule has 0 spiro atoms. The Hall–Kier alpha value is -1.96. The van der Waals surface area contributed by atoms with Gasteiger partial charge in [-0.1, -0.05) is 17.8 Å². The molecule has 8 heteroatoms. The molecule has 1 heterocycles. The number of carbonyl (C=O) groups excluding carboxylic acids is 2. The van der Waals surface area contributed by atoms with E-state index in [2.05, 4.69) is 0 Å². The Bertz CT molecular complexity index is 637. The van der Waals surface area contributed by atoms with Crippen LogP contribution in [0, 0.1) is 11.6 Å². The molecule has 1 aliphatic rings. The number of hydrogen-bond acceptors (Lipinski definition) is 4. The van der Waals surface area contributed by atoms with Crippen molar-refractivity contribution < 1.29 is 28.3 Å². The van der Waals surface area contributed by atoms with Crippen LogP contribution in [0.5, 0.6) is 0 Å². The van der Waals surface area contributed by atoms with Crippen molar-refractivity contribution >= 4 is 28.8 Å². The summed E-state index contributed by atoms with van der Waals surface area (Å²) in [5.41, 5.74) is -0.282. The first-order valence-electron chi connectivity index (χ1n) is 6.44. The molecule has 22 heavy (non-hydrogen) atoms. The molecule has 1 aromatic rings. The van der Waals surface area contributed by atoms with Gasteiger partial charge in [0, 0.05) is 36.8 Å². The Morgan fingerprint density at radius 3 is 2.64 bits per heavy atom. The van der Waals surface area contributed by atoms with Gasteiger partial charge < -0.3 is 10.0 Å². The number of nitrogens with zero attached hydrogens (tertiary/aromatic N) is 1. The van der Waals surface area contributed by atoms with Crippen molar-refractivity contribution in [2.24, 2.45) is 0 Å². The average molecular weight is 329 g/mol. The average Bonchev–Trinajstić information content (AvgIpc) is 2.72. The number of carboxylic acids is 1. The standard InChI is InChI=1S/C14H13F2NO4S/c1-7(18)22-9-5-12(19)17(6-9)13(14(20)21)10-3-2-8(15)4-11(10)16/h2-4,9,13H,5-6H2,1H3,(H,20,21). The fourth-order valence-corrected chi connectivity index (χ4v) is 3.35. The lowest BCUT2D eigenvalue weighted by Crippen LogP contribution is -2.36. The maximum Gasteiger partial charge on any atom is 0.331 e. The molecule has 0 aliphatic carbocycles. The quantitative estimate of drug-likeness (QED) is 0.914. The predicted molar refractivity (Wildman–Crippen MR) is 75.1 cm³/mol. The van der Waals surface area contributed by atoms with Crippen molar-refractivity contribution in [3.63, 3.8) is 0 Å². The van der Waals surface area contributed by atoms with Crippen LogP contribution < -0.4 is 0 Å². The fraction of sp³-hybridized carbons (Fsp3) is 0.357. The van der Waals surface area contributed by atoms with Crippen LogP contribution >= 0.6 is 11.8 Å². The molecule has 1 amide bonds. The van der Waals surface area contributed by atoms with Gasteiger partial charge in [-0.15, -0.1) is 0 Å². The number of carbonyl (C=O) groups is 3. The van der Waals surface area contributed by atoms with E-state index >= 15 is 0 Å². The zero-order valence-corrected chi connectivity index (χ0v) is 12.4. The SMILES string of the molecule is CC(=O)SC1CC(=O)N(C(C(=O)O)c2ccc(F)cc2F)C1. The summed E-state index contributed by atoms with van der Waals surface area (Å²) in [6, 6.07) is 0.998. The van der Waals surface area contributed by atoms with Crippen LogP contribution in [-0.4, -0.2) is 38.8 Å². The second-order valence-electron chi connectivity index (χ2n) is 4.89. The van der Waals surface area contributed by atoms with E-state index < -0.39 is 29.6 Å². The van der Waals surface area contributed by atoms with E-state index in [4.69, 9.17) is 0 Å². The molecule has 1 aliphatic heterocycles. The van der Waals surface area contributed by atoms with Crippen molar-refractivity contribution in [3.05, 3.63) is 35.4 Å². The highest BCUT2D eigenvalue weighted by Crippen LogP contribution is 2.32. The molecule has 1 N–H and O–H groups in total. The Morgan fingerprint density at radius 2 is 2.09 bits per heavy atom. The van der Waals surface area contributed by atoms with E-state index in [1.807, 2.05) is 0 Å². The van der Waals surface area contributed by atoms with Gasteiger partial charge in [0.05, 0.1) is 0 Å². The van der Waals surface area contributed by atoms with E-state index in [1.165, 1.54) is 6.92 Å². The van der Waals surface area contributed by atoms with Crippen molar-refractivity contribution in [3.8, 4) is 0 Å². The van der Waals surface area contributed by atoms with E-state index in [0.717, 1.165) is 28.8 Å². The first-order valence-corrected chi connectivity index (χ1v) is 7.32. The molecule has 0 saturated carbocycles. The molecule has 118 valence electrons. The summed E-state index contributed by atoms with van der Waals surface area (Å²) in [7, 11) is 0. The molecule has 1 fully saturated rings. The molecule has 0 bridgehead atoms. The molecule has 5 nitrogen and oxygen atoms in total. The minimum atomic E-state index is -1.54. The number of halogens is 2. The van der Waals surface area contributed by atoms with Gasteiger partial charge in [-0.2, -0.15) is 0 Å². The Labute approximate surface area is 129 Å². The van der Waals surface area contributed by atoms with Gasteiger partial charge in [0.25, 0.3) is 0 Å². The Balaban J connectivity index is 2.31.